The van der Waals surface area contributed by atoms with Crippen LogP contribution in [0.1, 0.15) is 53.0 Å². The molecule has 0 radical (unpaired) electrons. The summed E-state index contributed by atoms with van der Waals surface area (Å²) >= 11 is 0. The molecule has 1 saturated heterocycles. The van der Waals surface area contributed by atoms with Crippen LogP contribution < -0.4 is 10.2 Å². The standard InChI is InChI=1S/C18H30N2/c1-13(2)15-7-9-16(10-8-15)20-12-17(18(4,5)6)19-11-14(20)3/h7-10,13-14,17,19H,11-12H2,1-6H3. The first kappa shape index (κ1) is 15.4. The van der Waals surface area contributed by atoms with Crippen molar-refractivity contribution in [2.24, 2.45) is 5.41 Å². The Bertz CT molecular complexity index is 428. The molecule has 0 bridgehead atoms. The van der Waals surface area contributed by atoms with Crippen LogP contribution in [0.4, 0.5) is 5.69 Å². The Morgan fingerprint density at radius 2 is 1.75 bits per heavy atom. The van der Waals surface area contributed by atoms with Crippen LogP contribution in [-0.2, 0) is 0 Å². The van der Waals surface area contributed by atoms with Gasteiger partial charge in [-0.3, -0.25) is 0 Å². The topological polar surface area (TPSA) is 15.3 Å². The van der Waals surface area contributed by atoms with Crippen molar-refractivity contribution in [1.29, 1.82) is 0 Å². The maximum atomic E-state index is 3.70. The van der Waals surface area contributed by atoms with Crippen LogP contribution in [0.3, 0.4) is 0 Å². The van der Waals surface area contributed by atoms with E-state index in [4.69, 9.17) is 0 Å². The van der Waals surface area contributed by atoms with Gasteiger partial charge in [0, 0.05) is 30.9 Å². The number of nitrogens with zero attached hydrogens (tertiary/aromatic N) is 1. The molecule has 0 aromatic heterocycles. The average Bonchev–Trinajstić information content (AvgIpc) is 2.38. The predicted octanol–water partition coefficient (Wildman–Crippen LogP) is 4.02. The lowest BCUT2D eigenvalue weighted by Crippen LogP contribution is -2.59. The zero-order chi connectivity index (χ0) is 14.9. The van der Waals surface area contributed by atoms with E-state index >= 15 is 0 Å². The quantitative estimate of drug-likeness (QED) is 0.876. The number of benzene rings is 1. The van der Waals surface area contributed by atoms with Gasteiger partial charge in [-0.25, -0.2) is 0 Å². The minimum Gasteiger partial charge on any atom is -0.366 e. The second-order valence-corrected chi connectivity index (χ2v) is 7.57. The molecule has 1 aliphatic heterocycles. The third kappa shape index (κ3) is 3.35. The van der Waals surface area contributed by atoms with Gasteiger partial charge in [0.1, 0.15) is 0 Å². The molecule has 0 saturated carbocycles. The molecule has 112 valence electrons. The van der Waals surface area contributed by atoms with Crippen LogP contribution >= 0.6 is 0 Å². The molecule has 1 N–H and O–H groups in total. The summed E-state index contributed by atoms with van der Waals surface area (Å²) in [6, 6.07) is 10.2. The molecule has 0 spiro atoms. The molecule has 0 amide bonds. The fourth-order valence-corrected chi connectivity index (χ4v) is 2.85. The molecule has 2 rings (SSSR count). The van der Waals surface area contributed by atoms with Crippen molar-refractivity contribution in [3.8, 4) is 0 Å². The van der Waals surface area contributed by atoms with E-state index in [2.05, 4.69) is 76.0 Å². The average molecular weight is 274 g/mol. The summed E-state index contributed by atoms with van der Waals surface area (Å²) in [5.74, 6) is 0.604. The molecular formula is C18H30N2. The van der Waals surface area contributed by atoms with Crippen LogP contribution in [0, 0.1) is 5.41 Å². The first-order chi connectivity index (χ1) is 9.29. The SMILES string of the molecule is CC(C)c1ccc(N2CC(C(C)(C)C)NCC2C)cc1. The lowest BCUT2D eigenvalue weighted by atomic mass is 9.84. The van der Waals surface area contributed by atoms with Crippen molar-refractivity contribution in [1.82, 2.24) is 5.32 Å². The molecular weight excluding hydrogens is 244 g/mol. The maximum Gasteiger partial charge on any atom is 0.0387 e. The highest BCUT2D eigenvalue weighted by molar-refractivity contribution is 5.49. The summed E-state index contributed by atoms with van der Waals surface area (Å²) in [5, 5.41) is 3.70. The second kappa shape index (κ2) is 5.77. The Morgan fingerprint density at radius 3 is 2.25 bits per heavy atom. The van der Waals surface area contributed by atoms with E-state index in [1.807, 2.05) is 0 Å². The van der Waals surface area contributed by atoms with E-state index < -0.39 is 0 Å². The van der Waals surface area contributed by atoms with Crippen LogP contribution in [0.2, 0.25) is 0 Å². The summed E-state index contributed by atoms with van der Waals surface area (Å²) in [5.41, 5.74) is 3.08. The fraction of sp³-hybridized carbons (Fsp3) is 0.667. The van der Waals surface area contributed by atoms with Gasteiger partial charge in [0.15, 0.2) is 0 Å². The van der Waals surface area contributed by atoms with Gasteiger partial charge in [-0.05, 0) is 36.0 Å². The Morgan fingerprint density at radius 1 is 1.15 bits per heavy atom. The number of hydrogen-bond donors (Lipinski definition) is 1. The molecule has 20 heavy (non-hydrogen) atoms. The zero-order valence-corrected chi connectivity index (χ0v) is 13.9. The Balaban J connectivity index is 2.17. The monoisotopic (exact) mass is 274 g/mol. The van der Waals surface area contributed by atoms with Crippen LogP contribution in [0.25, 0.3) is 0 Å². The molecule has 1 aromatic rings. The van der Waals surface area contributed by atoms with Crippen LogP contribution in [-0.4, -0.2) is 25.2 Å². The highest BCUT2D eigenvalue weighted by Crippen LogP contribution is 2.28. The summed E-state index contributed by atoms with van der Waals surface area (Å²) in [7, 11) is 0. The van der Waals surface area contributed by atoms with Gasteiger partial charge in [0.05, 0.1) is 0 Å². The summed E-state index contributed by atoms with van der Waals surface area (Å²) in [6.45, 7) is 15.9. The first-order valence-electron chi connectivity index (χ1n) is 7.89. The molecule has 1 heterocycles. The third-order valence-electron chi connectivity index (χ3n) is 4.51. The predicted molar refractivity (Wildman–Crippen MR) is 88.6 cm³/mol. The van der Waals surface area contributed by atoms with Crippen LogP contribution in [0.15, 0.2) is 24.3 Å². The molecule has 2 unspecified atom stereocenters. The van der Waals surface area contributed by atoms with Gasteiger partial charge >= 0.3 is 0 Å². The van der Waals surface area contributed by atoms with Gasteiger partial charge in [0.2, 0.25) is 0 Å². The van der Waals surface area contributed by atoms with E-state index in [9.17, 15) is 0 Å². The van der Waals surface area contributed by atoms with Gasteiger partial charge in [-0.1, -0.05) is 46.8 Å². The maximum absolute atomic E-state index is 3.70. The molecule has 1 aliphatic rings. The number of hydrogen-bond acceptors (Lipinski definition) is 2. The van der Waals surface area contributed by atoms with Gasteiger partial charge < -0.3 is 10.2 Å². The first-order valence-corrected chi connectivity index (χ1v) is 7.89. The summed E-state index contributed by atoms with van der Waals surface area (Å²) in [6.07, 6.45) is 0. The molecule has 2 atom stereocenters. The van der Waals surface area contributed by atoms with E-state index in [1.165, 1.54) is 11.3 Å². The summed E-state index contributed by atoms with van der Waals surface area (Å²) < 4.78 is 0. The minimum absolute atomic E-state index is 0.302. The van der Waals surface area contributed by atoms with Crippen molar-refractivity contribution in [3.05, 3.63) is 29.8 Å². The van der Waals surface area contributed by atoms with Crippen molar-refractivity contribution < 1.29 is 0 Å². The number of rotatable bonds is 2. The molecule has 2 nitrogen and oxygen atoms in total. The van der Waals surface area contributed by atoms with Crippen LogP contribution in [0.5, 0.6) is 0 Å². The second-order valence-electron chi connectivity index (χ2n) is 7.57. The Hall–Kier alpha value is -1.02. The highest BCUT2D eigenvalue weighted by atomic mass is 15.2. The lowest BCUT2D eigenvalue weighted by molar-refractivity contribution is 0.239. The summed E-state index contributed by atoms with van der Waals surface area (Å²) in [4.78, 5) is 2.55. The Labute approximate surface area is 124 Å². The van der Waals surface area contributed by atoms with E-state index in [1.54, 1.807) is 0 Å². The van der Waals surface area contributed by atoms with Crippen molar-refractivity contribution >= 4 is 5.69 Å². The van der Waals surface area contributed by atoms with Gasteiger partial charge in [-0.2, -0.15) is 0 Å². The molecule has 2 heteroatoms. The zero-order valence-electron chi connectivity index (χ0n) is 13.9. The van der Waals surface area contributed by atoms with E-state index in [-0.39, 0.29) is 0 Å². The third-order valence-corrected chi connectivity index (χ3v) is 4.51. The molecule has 1 aromatic carbocycles. The van der Waals surface area contributed by atoms with E-state index in [0.29, 0.717) is 23.4 Å². The largest absolute Gasteiger partial charge is 0.366 e. The lowest BCUT2D eigenvalue weighted by Gasteiger charge is -2.45. The van der Waals surface area contributed by atoms with Gasteiger partial charge in [0.25, 0.3) is 0 Å². The van der Waals surface area contributed by atoms with Gasteiger partial charge in [-0.15, -0.1) is 0 Å². The smallest absolute Gasteiger partial charge is 0.0387 e. The number of piperazine rings is 1. The van der Waals surface area contributed by atoms with Crippen molar-refractivity contribution in [3.63, 3.8) is 0 Å². The van der Waals surface area contributed by atoms with E-state index in [0.717, 1.165) is 13.1 Å². The van der Waals surface area contributed by atoms with Crippen molar-refractivity contribution in [2.75, 3.05) is 18.0 Å². The van der Waals surface area contributed by atoms with Crippen molar-refractivity contribution in [2.45, 2.75) is 59.5 Å². The normalized spacial score (nSPS) is 24.2. The molecule has 1 fully saturated rings. The number of anilines is 1. The molecule has 0 aliphatic carbocycles. The Kier molecular flexibility index (Phi) is 4.43. The highest BCUT2D eigenvalue weighted by Gasteiger charge is 2.32. The number of nitrogens with one attached hydrogen (secondary N) is 1. The minimum atomic E-state index is 0.302. The fourth-order valence-electron chi connectivity index (χ4n) is 2.85.